The van der Waals surface area contributed by atoms with Crippen LogP contribution in [-0.2, 0) is 6.54 Å². The van der Waals surface area contributed by atoms with E-state index >= 15 is 0 Å². The Kier molecular flexibility index (Phi) is 3.66. The van der Waals surface area contributed by atoms with Gasteiger partial charge in [0.05, 0.1) is 13.7 Å². The molecule has 2 N–H and O–H groups in total. The molecule has 6 nitrogen and oxygen atoms in total. The number of tetrazole rings is 1. The maximum atomic E-state index is 5.31. The number of H-pyrrole nitrogens is 1. The maximum Gasteiger partial charge on any atom is 0.188 e. The van der Waals surface area contributed by atoms with Crippen LogP contribution in [0, 0.1) is 0 Å². The van der Waals surface area contributed by atoms with Crippen molar-refractivity contribution >= 4 is 0 Å². The van der Waals surface area contributed by atoms with Crippen molar-refractivity contribution in [1.82, 2.24) is 25.9 Å². The third-order valence-electron chi connectivity index (χ3n) is 2.56. The Morgan fingerprint density at radius 2 is 2.24 bits per heavy atom. The van der Waals surface area contributed by atoms with Crippen LogP contribution in [0.5, 0.6) is 5.75 Å². The van der Waals surface area contributed by atoms with Gasteiger partial charge in [0, 0.05) is 11.6 Å². The van der Waals surface area contributed by atoms with Crippen LogP contribution in [0.3, 0.4) is 0 Å². The van der Waals surface area contributed by atoms with E-state index in [0.717, 1.165) is 11.3 Å². The molecule has 0 spiro atoms. The summed E-state index contributed by atoms with van der Waals surface area (Å²) < 4.78 is 5.31. The molecule has 1 aromatic carbocycles. The fourth-order valence-electron chi connectivity index (χ4n) is 1.64. The molecule has 0 aliphatic carbocycles. The van der Waals surface area contributed by atoms with Crippen LogP contribution in [0.1, 0.15) is 24.4 Å². The highest BCUT2D eigenvalue weighted by atomic mass is 16.5. The van der Waals surface area contributed by atoms with Crippen LogP contribution in [0.15, 0.2) is 24.3 Å². The van der Waals surface area contributed by atoms with Gasteiger partial charge in [-0.25, -0.2) is 0 Å². The number of hydrogen-bond acceptors (Lipinski definition) is 5. The summed E-state index contributed by atoms with van der Waals surface area (Å²) in [6, 6.07) is 8.08. The third kappa shape index (κ3) is 2.79. The van der Waals surface area contributed by atoms with Crippen molar-refractivity contribution < 1.29 is 4.74 Å². The summed E-state index contributed by atoms with van der Waals surface area (Å²) in [6.07, 6.45) is 0. The number of hydrogen-bond donors (Lipinski definition) is 2. The largest absolute Gasteiger partial charge is 0.496 e. The lowest BCUT2D eigenvalue weighted by Gasteiger charge is -2.16. The molecule has 0 amide bonds. The highest BCUT2D eigenvalue weighted by Gasteiger charge is 2.10. The van der Waals surface area contributed by atoms with Crippen LogP contribution in [0.2, 0.25) is 0 Å². The van der Waals surface area contributed by atoms with E-state index in [1.54, 1.807) is 7.11 Å². The number of rotatable bonds is 5. The predicted molar refractivity (Wildman–Crippen MR) is 62.4 cm³/mol. The number of nitrogens with zero attached hydrogens (tertiary/aromatic N) is 3. The normalized spacial score (nSPS) is 12.4. The van der Waals surface area contributed by atoms with Gasteiger partial charge >= 0.3 is 0 Å². The average Bonchev–Trinajstić information content (AvgIpc) is 2.89. The van der Waals surface area contributed by atoms with E-state index in [-0.39, 0.29) is 6.04 Å². The molecule has 1 aromatic heterocycles. The molecule has 2 rings (SSSR count). The van der Waals surface area contributed by atoms with E-state index in [1.807, 2.05) is 24.3 Å². The number of aromatic amines is 1. The molecule has 0 fully saturated rings. The smallest absolute Gasteiger partial charge is 0.188 e. The van der Waals surface area contributed by atoms with Gasteiger partial charge in [-0.05, 0) is 13.0 Å². The summed E-state index contributed by atoms with van der Waals surface area (Å²) >= 11 is 0. The standard InChI is InChI=1S/C11H15N5O/c1-8(12-7-11-13-15-16-14-11)9-5-3-4-6-10(9)17-2/h3-6,8,12H,7H2,1-2H3,(H,13,14,15,16). The van der Waals surface area contributed by atoms with Gasteiger partial charge in [0.2, 0.25) is 0 Å². The van der Waals surface area contributed by atoms with Gasteiger partial charge in [0.15, 0.2) is 5.82 Å². The van der Waals surface area contributed by atoms with Gasteiger partial charge in [-0.3, -0.25) is 0 Å². The number of benzene rings is 1. The summed E-state index contributed by atoms with van der Waals surface area (Å²) in [5.41, 5.74) is 1.11. The minimum Gasteiger partial charge on any atom is -0.496 e. The average molecular weight is 233 g/mol. The van der Waals surface area contributed by atoms with Crippen molar-refractivity contribution in [3.8, 4) is 5.75 Å². The molecule has 1 atom stereocenters. The molecule has 0 saturated heterocycles. The van der Waals surface area contributed by atoms with Gasteiger partial charge in [-0.2, -0.15) is 5.21 Å². The van der Waals surface area contributed by atoms with Gasteiger partial charge in [0.1, 0.15) is 5.75 Å². The SMILES string of the molecule is COc1ccccc1C(C)NCc1nn[nH]n1. The summed E-state index contributed by atoms with van der Waals surface area (Å²) in [6.45, 7) is 2.63. The first-order valence-corrected chi connectivity index (χ1v) is 5.40. The molecule has 1 heterocycles. The first-order valence-electron chi connectivity index (χ1n) is 5.40. The van der Waals surface area contributed by atoms with Crippen molar-refractivity contribution in [2.45, 2.75) is 19.5 Å². The first kappa shape index (κ1) is 11.5. The van der Waals surface area contributed by atoms with Crippen molar-refractivity contribution in [3.05, 3.63) is 35.7 Å². The van der Waals surface area contributed by atoms with Crippen molar-refractivity contribution in [2.75, 3.05) is 7.11 Å². The van der Waals surface area contributed by atoms with Gasteiger partial charge in [-0.1, -0.05) is 23.4 Å². The van der Waals surface area contributed by atoms with Crippen LogP contribution < -0.4 is 10.1 Å². The molecule has 90 valence electrons. The molecule has 2 aromatic rings. The molecule has 0 bridgehead atoms. The Balaban J connectivity index is 2.01. The molecular formula is C11H15N5O. The lowest BCUT2D eigenvalue weighted by molar-refractivity contribution is 0.401. The van der Waals surface area contributed by atoms with E-state index in [9.17, 15) is 0 Å². The van der Waals surface area contributed by atoms with Crippen molar-refractivity contribution in [3.63, 3.8) is 0 Å². The zero-order valence-corrected chi connectivity index (χ0v) is 9.84. The second-order valence-corrected chi connectivity index (χ2v) is 3.67. The fraction of sp³-hybridized carbons (Fsp3) is 0.364. The van der Waals surface area contributed by atoms with E-state index in [2.05, 4.69) is 32.9 Å². The van der Waals surface area contributed by atoms with Crippen LogP contribution in [-0.4, -0.2) is 27.7 Å². The first-order chi connectivity index (χ1) is 8.31. The van der Waals surface area contributed by atoms with Gasteiger partial charge < -0.3 is 10.1 Å². The molecule has 1 unspecified atom stereocenters. The molecular weight excluding hydrogens is 218 g/mol. The number of nitrogens with one attached hydrogen (secondary N) is 2. The Hall–Kier alpha value is -1.95. The van der Waals surface area contributed by atoms with Gasteiger partial charge in [-0.15, -0.1) is 10.2 Å². The van der Waals surface area contributed by atoms with Crippen molar-refractivity contribution in [2.24, 2.45) is 0 Å². The summed E-state index contributed by atoms with van der Waals surface area (Å²) in [4.78, 5) is 0. The zero-order chi connectivity index (χ0) is 12.1. The number of methoxy groups -OCH3 is 1. The Labute approximate surface area is 99.4 Å². The predicted octanol–water partition coefficient (Wildman–Crippen LogP) is 1.06. The van der Waals surface area contributed by atoms with Crippen LogP contribution >= 0.6 is 0 Å². The second-order valence-electron chi connectivity index (χ2n) is 3.67. The minimum absolute atomic E-state index is 0.157. The highest BCUT2D eigenvalue weighted by molar-refractivity contribution is 5.35. The van der Waals surface area contributed by atoms with E-state index in [4.69, 9.17) is 4.74 Å². The number of aromatic nitrogens is 4. The Morgan fingerprint density at radius 1 is 1.41 bits per heavy atom. The van der Waals surface area contributed by atoms with E-state index in [0.29, 0.717) is 12.4 Å². The highest BCUT2D eigenvalue weighted by Crippen LogP contribution is 2.24. The quantitative estimate of drug-likeness (QED) is 0.807. The lowest BCUT2D eigenvalue weighted by atomic mass is 10.1. The monoisotopic (exact) mass is 233 g/mol. The van der Waals surface area contributed by atoms with E-state index in [1.165, 1.54) is 0 Å². The second kappa shape index (κ2) is 5.40. The number of ether oxygens (including phenoxy) is 1. The fourth-order valence-corrected chi connectivity index (χ4v) is 1.64. The molecule has 0 saturated carbocycles. The Bertz CT molecular complexity index is 457. The number of para-hydroxylation sites is 1. The molecule has 6 heteroatoms. The lowest BCUT2D eigenvalue weighted by Crippen LogP contribution is -2.19. The van der Waals surface area contributed by atoms with Crippen LogP contribution in [0.25, 0.3) is 0 Å². The van der Waals surface area contributed by atoms with Crippen molar-refractivity contribution in [1.29, 1.82) is 0 Å². The maximum absolute atomic E-state index is 5.31. The molecule has 0 aliphatic rings. The van der Waals surface area contributed by atoms with E-state index < -0.39 is 0 Å². The summed E-state index contributed by atoms with van der Waals surface area (Å²) in [5.74, 6) is 1.52. The topological polar surface area (TPSA) is 75.7 Å². The third-order valence-corrected chi connectivity index (χ3v) is 2.56. The van der Waals surface area contributed by atoms with Crippen LogP contribution in [0.4, 0.5) is 0 Å². The molecule has 0 radical (unpaired) electrons. The summed E-state index contributed by atoms with van der Waals surface area (Å²) in [5, 5.41) is 17.0. The zero-order valence-electron chi connectivity index (χ0n) is 9.84. The minimum atomic E-state index is 0.157. The Morgan fingerprint density at radius 3 is 2.94 bits per heavy atom. The molecule has 17 heavy (non-hydrogen) atoms. The summed E-state index contributed by atoms with van der Waals surface area (Å²) in [7, 11) is 1.67. The van der Waals surface area contributed by atoms with Gasteiger partial charge in [0.25, 0.3) is 0 Å². The molecule has 0 aliphatic heterocycles.